The number of carbonyl (C=O) groups excluding carboxylic acids is 1. The van der Waals surface area contributed by atoms with Crippen LogP contribution in [0.3, 0.4) is 0 Å². The van der Waals surface area contributed by atoms with Crippen LogP contribution in [0, 0.1) is 11.7 Å². The smallest absolute Gasteiger partial charge is 0.223 e. The lowest BCUT2D eigenvalue weighted by molar-refractivity contribution is -0.127. The number of aliphatic imine (C=N–C) groups is 1. The Morgan fingerprint density at radius 3 is 2.67 bits per heavy atom. The maximum Gasteiger partial charge on any atom is 0.223 e. The highest BCUT2D eigenvalue weighted by Gasteiger charge is 2.24. The molecule has 1 unspecified atom stereocenters. The normalized spacial score (nSPS) is 15.6. The third-order valence-corrected chi connectivity index (χ3v) is 4.44. The van der Waals surface area contributed by atoms with Crippen LogP contribution in [-0.2, 0) is 4.79 Å². The van der Waals surface area contributed by atoms with Crippen molar-refractivity contribution in [3.05, 3.63) is 30.1 Å². The number of nitrogens with zero attached hydrogens (tertiary/aromatic N) is 1. The second kappa shape index (κ2) is 11.4. The largest absolute Gasteiger partial charge is 0.486 e. The number of halogens is 1. The van der Waals surface area contributed by atoms with E-state index >= 15 is 0 Å². The first-order chi connectivity index (χ1) is 13.1. The number of guanidine groups is 1. The van der Waals surface area contributed by atoms with Crippen LogP contribution in [0.5, 0.6) is 5.75 Å². The molecular weight excluding hydrogens is 347 g/mol. The molecule has 2 rings (SSSR count). The van der Waals surface area contributed by atoms with Gasteiger partial charge in [-0.1, -0.05) is 18.6 Å². The minimum absolute atomic E-state index is 0.181. The molecule has 0 heterocycles. The molecule has 7 heteroatoms. The summed E-state index contributed by atoms with van der Waals surface area (Å²) in [5.41, 5.74) is 0. The van der Waals surface area contributed by atoms with Crippen LogP contribution >= 0.6 is 0 Å². The first kappa shape index (κ1) is 21.0. The fourth-order valence-corrected chi connectivity index (χ4v) is 2.68. The van der Waals surface area contributed by atoms with Crippen LogP contribution in [0.25, 0.3) is 0 Å². The van der Waals surface area contributed by atoms with Gasteiger partial charge in [-0.05, 0) is 45.2 Å². The van der Waals surface area contributed by atoms with E-state index in [4.69, 9.17) is 4.74 Å². The zero-order valence-corrected chi connectivity index (χ0v) is 16.3. The van der Waals surface area contributed by atoms with Gasteiger partial charge in [0.05, 0.1) is 6.54 Å². The molecular formula is C20H31FN4O2. The molecule has 0 aliphatic heterocycles. The molecule has 0 radical (unpaired) electrons. The van der Waals surface area contributed by atoms with Gasteiger partial charge in [-0.15, -0.1) is 0 Å². The Morgan fingerprint density at radius 2 is 2.00 bits per heavy atom. The molecule has 1 aliphatic carbocycles. The molecule has 1 amide bonds. The van der Waals surface area contributed by atoms with Crippen LogP contribution < -0.4 is 20.7 Å². The average Bonchev–Trinajstić information content (AvgIpc) is 2.59. The van der Waals surface area contributed by atoms with Gasteiger partial charge in [-0.2, -0.15) is 0 Å². The van der Waals surface area contributed by atoms with Gasteiger partial charge < -0.3 is 20.7 Å². The summed E-state index contributed by atoms with van der Waals surface area (Å²) >= 11 is 0. The van der Waals surface area contributed by atoms with Crippen molar-refractivity contribution in [2.24, 2.45) is 10.9 Å². The summed E-state index contributed by atoms with van der Waals surface area (Å²) in [6, 6.07) is 6.36. The SMILES string of the molecule is CCNC(=NCC(C)Oc1ccccc1F)NCCCNC(=O)C1CCC1. The molecule has 0 bridgehead atoms. The number of ether oxygens (including phenoxy) is 1. The number of para-hydroxylation sites is 1. The number of benzene rings is 1. The molecule has 6 nitrogen and oxygen atoms in total. The van der Waals surface area contributed by atoms with E-state index < -0.39 is 0 Å². The second-order valence-corrected chi connectivity index (χ2v) is 6.78. The average molecular weight is 378 g/mol. The maximum atomic E-state index is 13.6. The summed E-state index contributed by atoms with van der Waals surface area (Å²) < 4.78 is 19.2. The van der Waals surface area contributed by atoms with Gasteiger partial charge in [0.15, 0.2) is 17.5 Å². The highest BCUT2D eigenvalue weighted by atomic mass is 19.1. The van der Waals surface area contributed by atoms with Gasteiger partial charge in [0.1, 0.15) is 6.10 Å². The van der Waals surface area contributed by atoms with Crippen LogP contribution in [0.1, 0.15) is 39.5 Å². The highest BCUT2D eigenvalue weighted by Crippen LogP contribution is 2.26. The lowest BCUT2D eigenvalue weighted by atomic mass is 9.85. The van der Waals surface area contributed by atoms with Crippen LogP contribution in [0.15, 0.2) is 29.3 Å². The van der Waals surface area contributed by atoms with Gasteiger partial charge in [0.2, 0.25) is 5.91 Å². The van der Waals surface area contributed by atoms with E-state index in [0.29, 0.717) is 25.6 Å². The molecule has 0 saturated heterocycles. The number of rotatable bonds is 10. The highest BCUT2D eigenvalue weighted by molar-refractivity contribution is 5.80. The first-order valence-corrected chi connectivity index (χ1v) is 9.81. The van der Waals surface area contributed by atoms with Gasteiger partial charge in [0, 0.05) is 25.6 Å². The maximum absolute atomic E-state index is 13.6. The Morgan fingerprint density at radius 1 is 1.26 bits per heavy atom. The fourth-order valence-electron chi connectivity index (χ4n) is 2.68. The molecule has 1 aromatic carbocycles. The summed E-state index contributed by atoms with van der Waals surface area (Å²) in [6.07, 6.45) is 3.79. The van der Waals surface area contributed by atoms with Gasteiger partial charge in [0.25, 0.3) is 0 Å². The van der Waals surface area contributed by atoms with Crippen molar-refractivity contribution in [3.63, 3.8) is 0 Å². The van der Waals surface area contributed by atoms with Crippen molar-refractivity contribution < 1.29 is 13.9 Å². The Hall–Kier alpha value is -2.31. The van der Waals surface area contributed by atoms with E-state index in [9.17, 15) is 9.18 Å². The summed E-state index contributed by atoms with van der Waals surface area (Å²) in [7, 11) is 0. The van der Waals surface area contributed by atoms with Gasteiger partial charge in [-0.3, -0.25) is 4.79 Å². The predicted octanol–water partition coefficient (Wildman–Crippen LogP) is 2.45. The minimum Gasteiger partial charge on any atom is -0.486 e. The Labute approximate surface area is 161 Å². The number of hydrogen-bond donors (Lipinski definition) is 3. The zero-order chi connectivity index (χ0) is 19.5. The zero-order valence-electron chi connectivity index (χ0n) is 16.3. The molecule has 150 valence electrons. The van der Waals surface area contributed by atoms with Crippen molar-refractivity contribution in [3.8, 4) is 5.75 Å². The van der Waals surface area contributed by atoms with Crippen molar-refractivity contribution in [1.29, 1.82) is 0 Å². The van der Waals surface area contributed by atoms with Crippen LogP contribution in [0.4, 0.5) is 4.39 Å². The summed E-state index contributed by atoms with van der Waals surface area (Å²) in [5, 5.41) is 9.39. The number of hydrogen-bond acceptors (Lipinski definition) is 3. The lowest BCUT2D eigenvalue weighted by Gasteiger charge is -2.24. The number of carbonyl (C=O) groups is 1. The van der Waals surface area contributed by atoms with Crippen molar-refractivity contribution in [2.75, 3.05) is 26.2 Å². The third kappa shape index (κ3) is 7.45. The number of amides is 1. The number of nitrogens with one attached hydrogen (secondary N) is 3. The minimum atomic E-state index is -0.373. The van der Waals surface area contributed by atoms with E-state index in [0.717, 1.165) is 25.8 Å². The van der Waals surface area contributed by atoms with Crippen molar-refractivity contribution in [2.45, 2.75) is 45.6 Å². The molecule has 0 aromatic heterocycles. The Kier molecular flexibility index (Phi) is 8.87. The fraction of sp³-hybridized carbons (Fsp3) is 0.600. The monoisotopic (exact) mass is 378 g/mol. The molecule has 0 spiro atoms. The predicted molar refractivity (Wildman–Crippen MR) is 105 cm³/mol. The van der Waals surface area contributed by atoms with Crippen LogP contribution in [0.2, 0.25) is 0 Å². The third-order valence-electron chi connectivity index (χ3n) is 4.44. The van der Waals surface area contributed by atoms with E-state index in [2.05, 4.69) is 20.9 Å². The molecule has 1 fully saturated rings. The molecule has 1 saturated carbocycles. The Bertz CT molecular complexity index is 620. The van der Waals surface area contributed by atoms with E-state index in [1.807, 2.05) is 13.8 Å². The first-order valence-electron chi connectivity index (χ1n) is 9.81. The molecule has 27 heavy (non-hydrogen) atoms. The molecule has 1 aliphatic rings. The van der Waals surface area contributed by atoms with Crippen LogP contribution in [-0.4, -0.2) is 44.1 Å². The topological polar surface area (TPSA) is 74.8 Å². The Balaban J connectivity index is 1.68. The quantitative estimate of drug-likeness (QED) is 0.332. The second-order valence-electron chi connectivity index (χ2n) is 6.78. The van der Waals surface area contributed by atoms with Crippen molar-refractivity contribution in [1.82, 2.24) is 16.0 Å². The van der Waals surface area contributed by atoms with Crippen molar-refractivity contribution >= 4 is 11.9 Å². The molecule has 3 N–H and O–H groups in total. The summed E-state index contributed by atoms with van der Waals surface area (Å²) in [4.78, 5) is 16.3. The lowest BCUT2D eigenvalue weighted by Crippen LogP contribution is -2.40. The summed E-state index contributed by atoms with van der Waals surface area (Å²) in [5.74, 6) is 0.961. The van der Waals surface area contributed by atoms with E-state index in [-0.39, 0.29) is 29.5 Å². The molecule has 1 aromatic rings. The van der Waals surface area contributed by atoms with E-state index in [1.54, 1.807) is 18.2 Å². The van der Waals surface area contributed by atoms with E-state index in [1.165, 1.54) is 12.5 Å². The van der Waals surface area contributed by atoms with Gasteiger partial charge in [-0.25, -0.2) is 9.38 Å². The van der Waals surface area contributed by atoms with Gasteiger partial charge >= 0.3 is 0 Å². The standard InChI is InChI=1S/C20H31FN4O2/c1-3-22-20(24-13-7-12-23-19(26)16-8-6-9-16)25-14-15(2)27-18-11-5-4-10-17(18)21/h4-5,10-11,15-16H,3,6-9,12-14H2,1-2H3,(H,23,26)(H2,22,24,25). The summed E-state index contributed by atoms with van der Waals surface area (Å²) in [6.45, 7) is 6.37. The molecule has 1 atom stereocenters.